The smallest absolute Gasteiger partial charge is 0.0854 e. The van der Waals surface area contributed by atoms with Crippen molar-refractivity contribution in [1.82, 2.24) is 9.78 Å². The lowest BCUT2D eigenvalue weighted by Crippen LogP contribution is -2.02. The molecule has 0 amide bonds. The Hall–Kier alpha value is -1.32. The number of hydrogen-bond acceptors (Lipinski definition) is 2. The SMILES string of the molecule is CC(C)c1cc(CO)n(-c2ccc(Cl)cc2)n1. The van der Waals surface area contributed by atoms with Gasteiger partial charge in [0.05, 0.1) is 23.7 Å². The number of rotatable bonds is 3. The summed E-state index contributed by atoms with van der Waals surface area (Å²) in [5, 5.41) is 14.5. The van der Waals surface area contributed by atoms with Gasteiger partial charge in [-0.15, -0.1) is 0 Å². The number of aliphatic hydroxyl groups excluding tert-OH is 1. The van der Waals surface area contributed by atoms with E-state index in [4.69, 9.17) is 11.6 Å². The second-order valence-electron chi connectivity index (χ2n) is 4.26. The van der Waals surface area contributed by atoms with E-state index in [0.717, 1.165) is 17.1 Å². The van der Waals surface area contributed by atoms with E-state index in [1.807, 2.05) is 30.3 Å². The van der Waals surface area contributed by atoms with Crippen LogP contribution in [0.5, 0.6) is 0 Å². The summed E-state index contributed by atoms with van der Waals surface area (Å²) in [5.41, 5.74) is 2.67. The second-order valence-corrected chi connectivity index (χ2v) is 4.70. The van der Waals surface area contributed by atoms with Gasteiger partial charge in [0, 0.05) is 5.02 Å². The molecule has 0 radical (unpaired) electrons. The standard InChI is InChI=1S/C13H15ClN2O/c1-9(2)13-7-12(8-17)16(15-13)11-5-3-10(14)4-6-11/h3-7,9,17H,8H2,1-2H3. The lowest BCUT2D eigenvalue weighted by atomic mass is 10.1. The molecule has 2 aromatic rings. The number of halogens is 1. The molecule has 0 saturated carbocycles. The molecule has 0 aliphatic rings. The number of benzene rings is 1. The molecular weight excluding hydrogens is 236 g/mol. The van der Waals surface area contributed by atoms with E-state index in [2.05, 4.69) is 18.9 Å². The van der Waals surface area contributed by atoms with Gasteiger partial charge in [-0.05, 0) is 36.2 Å². The van der Waals surface area contributed by atoms with Crippen LogP contribution in [0.4, 0.5) is 0 Å². The van der Waals surface area contributed by atoms with E-state index >= 15 is 0 Å². The summed E-state index contributed by atoms with van der Waals surface area (Å²) in [4.78, 5) is 0. The predicted octanol–water partition coefficient (Wildman–Crippen LogP) is 3.14. The molecule has 3 nitrogen and oxygen atoms in total. The first kappa shape index (κ1) is 12.1. The molecule has 0 atom stereocenters. The molecule has 2 rings (SSSR count). The van der Waals surface area contributed by atoms with Crippen molar-refractivity contribution in [3.63, 3.8) is 0 Å². The van der Waals surface area contributed by atoms with Crippen LogP contribution >= 0.6 is 11.6 Å². The fraction of sp³-hybridized carbons (Fsp3) is 0.308. The van der Waals surface area contributed by atoms with E-state index in [9.17, 15) is 5.11 Å². The highest BCUT2D eigenvalue weighted by Gasteiger charge is 2.11. The largest absolute Gasteiger partial charge is 0.390 e. The Kier molecular flexibility index (Phi) is 3.50. The average molecular weight is 251 g/mol. The molecule has 90 valence electrons. The molecule has 1 heterocycles. The molecule has 17 heavy (non-hydrogen) atoms. The van der Waals surface area contributed by atoms with Crippen LogP contribution < -0.4 is 0 Å². The third-order valence-corrected chi connectivity index (χ3v) is 2.88. The van der Waals surface area contributed by atoms with Gasteiger partial charge in [-0.3, -0.25) is 0 Å². The fourth-order valence-electron chi connectivity index (χ4n) is 1.64. The normalized spacial score (nSPS) is 11.1. The zero-order valence-electron chi connectivity index (χ0n) is 9.89. The summed E-state index contributed by atoms with van der Waals surface area (Å²) in [6.45, 7) is 4.13. The summed E-state index contributed by atoms with van der Waals surface area (Å²) in [6, 6.07) is 9.33. The van der Waals surface area contributed by atoms with Gasteiger partial charge >= 0.3 is 0 Å². The first-order valence-electron chi connectivity index (χ1n) is 5.57. The van der Waals surface area contributed by atoms with Crippen LogP contribution in [0.25, 0.3) is 5.69 Å². The lowest BCUT2D eigenvalue weighted by molar-refractivity contribution is 0.273. The maximum Gasteiger partial charge on any atom is 0.0854 e. The van der Waals surface area contributed by atoms with Crippen molar-refractivity contribution < 1.29 is 5.11 Å². The van der Waals surface area contributed by atoms with Gasteiger partial charge in [0.1, 0.15) is 0 Å². The molecule has 1 aromatic heterocycles. The number of hydrogen-bond donors (Lipinski definition) is 1. The molecule has 0 saturated heterocycles. The molecule has 0 aliphatic carbocycles. The minimum absolute atomic E-state index is 0.0254. The van der Waals surface area contributed by atoms with Gasteiger partial charge in [-0.25, -0.2) is 4.68 Å². The van der Waals surface area contributed by atoms with Gasteiger partial charge < -0.3 is 5.11 Å². The van der Waals surface area contributed by atoms with Gasteiger partial charge in [-0.2, -0.15) is 5.10 Å². The lowest BCUT2D eigenvalue weighted by Gasteiger charge is -2.05. The van der Waals surface area contributed by atoms with E-state index in [1.54, 1.807) is 4.68 Å². The highest BCUT2D eigenvalue weighted by atomic mass is 35.5. The second kappa shape index (κ2) is 4.90. The Morgan fingerprint density at radius 1 is 1.29 bits per heavy atom. The zero-order chi connectivity index (χ0) is 12.4. The Morgan fingerprint density at radius 2 is 1.94 bits per heavy atom. The minimum atomic E-state index is -0.0254. The molecule has 0 fully saturated rings. The molecule has 1 aromatic carbocycles. The third-order valence-electron chi connectivity index (χ3n) is 2.63. The van der Waals surface area contributed by atoms with Crippen molar-refractivity contribution in [3.8, 4) is 5.69 Å². The van der Waals surface area contributed by atoms with Crippen molar-refractivity contribution >= 4 is 11.6 Å². The van der Waals surface area contributed by atoms with Crippen LogP contribution in [0, 0.1) is 0 Å². The predicted molar refractivity (Wildman–Crippen MR) is 68.6 cm³/mol. The van der Waals surface area contributed by atoms with Gasteiger partial charge in [-0.1, -0.05) is 25.4 Å². The van der Waals surface area contributed by atoms with Gasteiger partial charge in [0.2, 0.25) is 0 Å². The van der Waals surface area contributed by atoms with Crippen molar-refractivity contribution in [3.05, 3.63) is 46.7 Å². The van der Waals surface area contributed by atoms with Crippen LogP contribution in [0.1, 0.15) is 31.2 Å². The Balaban J connectivity index is 2.46. The maximum atomic E-state index is 9.34. The van der Waals surface area contributed by atoms with E-state index in [0.29, 0.717) is 10.9 Å². The zero-order valence-corrected chi connectivity index (χ0v) is 10.6. The Bertz CT molecular complexity index is 503. The number of aromatic nitrogens is 2. The van der Waals surface area contributed by atoms with Crippen molar-refractivity contribution in [2.75, 3.05) is 0 Å². The first-order chi connectivity index (χ1) is 8.11. The van der Waals surface area contributed by atoms with Crippen molar-refractivity contribution in [1.29, 1.82) is 0 Å². The monoisotopic (exact) mass is 250 g/mol. The molecule has 4 heteroatoms. The third kappa shape index (κ3) is 2.51. The molecular formula is C13H15ClN2O. The number of aliphatic hydroxyl groups is 1. The quantitative estimate of drug-likeness (QED) is 0.909. The van der Waals surface area contributed by atoms with Gasteiger partial charge in [0.25, 0.3) is 0 Å². The Labute approximate surface area is 106 Å². The topological polar surface area (TPSA) is 38.0 Å². The Morgan fingerprint density at radius 3 is 2.47 bits per heavy atom. The van der Waals surface area contributed by atoms with Crippen molar-refractivity contribution in [2.24, 2.45) is 0 Å². The highest BCUT2D eigenvalue weighted by Crippen LogP contribution is 2.19. The van der Waals surface area contributed by atoms with Crippen molar-refractivity contribution in [2.45, 2.75) is 26.4 Å². The molecule has 0 unspecified atom stereocenters. The van der Waals surface area contributed by atoms with E-state index in [-0.39, 0.29) is 6.61 Å². The van der Waals surface area contributed by atoms with Crippen LogP contribution in [-0.2, 0) is 6.61 Å². The van der Waals surface area contributed by atoms with Crippen LogP contribution in [0.2, 0.25) is 5.02 Å². The van der Waals surface area contributed by atoms with E-state index < -0.39 is 0 Å². The summed E-state index contributed by atoms with van der Waals surface area (Å²) < 4.78 is 1.76. The molecule has 1 N–H and O–H groups in total. The van der Waals surface area contributed by atoms with E-state index in [1.165, 1.54) is 0 Å². The van der Waals surface area contributed by atoms with Crippen LogP contribution in [0.3, 0.4) is 0 Å². The summed E-state index contributed by atoms with van der Waals surface area (Å²) in [7, 11) is 0. The average Bonchev–Trinajstić information content (AvgIpc) is 2.74. The molecule has 0 spiro atoms. The maximum absolute atomic E-state index is 9.34. The highest BCUT2D eigenvalue weighted by molar-refractivity contribution is 6.30. The number of nitrogens with zero attached hydrogens (tertiary/aromatic N) is 2. The summed E-state index contributed by atoms with van der Waals surface area (Å²) >= 11 is 5.85. The minimum Gasteiger partial charge on any atom is -0.390 e. The van der Waals surface area contributed by atoms with Crippen LogP contribution in [-0.4, -0.2) is 14.9 Å². The van der Waals surface area contributed by atoms with Crippen LogP contribution in [0.15, 0.2) is 30.3 Å². The van der Waals surface area contributed by atoms with Gasteiger partial charge in [0.15, 0.2) is 0 Å². The molecule has 0 aliphatic heterocycles. The fourth-order valence-corrected chi connectivity index (χ4v) is 1.77. The summed E-state index contributed by atoms with van der Waals surface area (Å²) in [5.74, 6) is 0.342. The summed E-state index contributed by atoms with van der Waals surface area (Å²) in [6.07, 6.45) is 0. The molecule has 0 bridgehead atoms. The first-order valence-corrected chi connectivity index (χ1v) is 5.95.